The van der Waals surface area contributed by atoms with Gasteiger partial charge >= 0.3 is 116 Å². The Labute approximate surface area is 115 Å². The van der Waals surface area contributed by atoms with Crippen LogP contribution >= 0.6 is 12.6 Å². The van der Waals surface area contributed by atoms with Gasteiger partial charge in [0, 0.05) is 0 Å². The van der Waals surface area contributed by atoms with E-state index in [9.17, 15) is 0 Å². The Morgan fingerprint density at radius 1 is 1.40 bits per heavy atom. The molecule has 1 rings (SSSR count). The Bertz CT molecular complexity index is 166. The normalized spacial score (nSPS) is 24.5. The Balaban J connectivity index is 2.17. The number of hydrogen-bond acceptors (Lipinski definition) is 2. The third-order valence-electron chi connectivity index (χ3n) is 3.57. The van der Waals surface area contributed by atoms with E-state index in [1.807, 2.05) is 0 Å². The van der Waals surface area contributed by atoms with E-state index in [-0.39, 0.29) is 0 Å². The van der Waals surface area contributed by atoms with E-state index in [1.165, 1.54) is 55.8 Å². The van der Waals surface area contributed by atoms with Crippen molar-refractivity contribution in [3.05, 3.63) is 0 Å². The van der Waals surface area contributed by atoms with Crippen molar-refractivity contribution in [3.8, 4) is 0 Å². The predicted molar refractivity (Wildman–Crippen MR) is 74.9 cm³/mol. The molecule has 0 bridgehead atoms. The second kappa shape index (κ2) is 8.30. The molecule has 3 heteroatoms. The van der Waals surface area contributed by atoms with Crippen LogP contribution in [0.5, 0.6) is 0 Å². The quantitative estimate of drug-likeness (QED) is 0.554. The zero-order valence-electron chi connectivity index (χ0n) is 10.4. The van der Waals surface area contributed by atoms with Crippen molar-refractivity contribution in [1.82, 2.24) is 4.90 Å². The average molecular weight is 331 g/mol. The number of nitrogens with zero attached hydrogens (tertiary/aromatic N) is 1. The van der Waals surface area contributed by atoms with Gasteiger partial charge in [0.05, 0.1) is 0 Å². The summed E-state index contributed by atoms with van der Waals surface area (Å²) in [6.45, 7) is 4.85. The van der Waals surface area contributed by atoms with Gasteiger partial charge in [0.15, 0.2) is 0 Å². The van der Waals surface area contributed by atoms with Gasteiger partial charge in [-0.05, 0) is 0 Å². The number of unbranched alkanes of at least 4 members (excludes halogenated alkanes) is 3. The molecule has 0 saturated carbocycles. The molecule has 0 aromatic rings. The van der Waals surface area contributed by atoms with Gasteiger partial charge in [-0.15, -0.1) is 0 Å². The van der Waals surface area contributed by atoms with Gasteiger partial charge in [-0.1, -0.05) is 0 Å². The first kappa shape index (κ1) is 14.2. The van der Waals surface area contributed by atoms with Gasteiger partial charge < -0.3 is 0 Å². The summed E-state index contributed by atoms with van der Waals surface area (Å²) in [7, 11) is 0. The van der Waals surface area contributed by atoms with Gasteiger partial charge in [0.1, 0.15) is 0 Å². The predicted octanol–water partition coefficient (Wildman–Crippen LogP) is 2.38. The van der Waals surface area contributed by atoms with Crippen molar-refractivity contribution in [3.63, 3.8) is 0 Å². The van der Waals surface area contributed by atoms with Crippen molar-refractivity contribution in [2.75, 3.05) is 13.1 Å². The fraction of sp³-hybridized carbons (Fsp3) is 1.00. The molecule has 88 valence electrons. The molecule has 15 heavy (non-hydrogen) atoms. The minimum absolute atomic E-state index is 0.657. The molecule has 1 saturated heterocycles. The van der Waals surface area contributed by atoms with Crippen LogP contribution in [0.25, 0.3) is 0 Å². The fourth-order valence-corrected chi connectivity index (χ4v) is 5.52. The molecular formula is C12H26InNS. The van der Waals surface area contributed by atoms with Crippen LogP contribution in [0.3, 0.4) is 0 Å². The van der Waals surface area contributed by atoms with Crippen LogP contribution in [0.4, 0.5) is 0 Å². The number of likely N-dealkylation sites (tertiary alicyclic amines) is 1. The minimum atomic E-state index is 0.657. The molecule has 0 aromatic heterocycles. The summed E-state index contributed by atoms with van der Waals surface area (Å²) in [6, 6.07) is 0.926. The molecule has 1 aliphatic rings. The second-order valence-corrected chi connectivity index (χ2v) is 7.91. The monoisotopic (exact) mass is 331 g/mol. The molecule has 1 fully saturated rings. The van der Waals surface area contributed by atoms with Crippen LogP contribution in [0.2, 0.25) is 4.18 Å². The summed E-state index contributed by atoms with van der Waals surface area (Å²) < 4.78 is 1.52. The first-order chi connectivity index (χ1) is 7.27. The molecule has 0 aliphatic carbocycles. The molecule has 1 heterocycles. The van der Waals surface area contributed by atoms with Crippen LogP contribution in [0.1, 0.15) is 45.4 Å². The van der Waals surface area contributed by atoms with E-state index in [4.69, 9.17) is 0 Å². The summed E-state index contributed by atoms with van der Waals surface area (Å²) in [5, 5.41) is 0.657. The van der Waals surface area contributed by atoms with Gasteiger partial charge in [-0.3, -0.25) is 0 Å². The summed E-state index contributed by atoms with van der Waals surface area (Å²) in [6.07, 6.45) is 8.44. The first-order valence-corrected chi connectivity index (χ1v) is 11.2. The number of hydrogen-bond donors (Lipinski definition) is 1. The zero-order valence-corrected chi connectivity index (χ0v) is 17.0. The molecule has 1 nitrogen and oxygen atoms in total. The molecule has 0 N–H and O–H groups in total. The number of rotatable bonds is 7. The SMILES string of the molecule is CCCCCCC([CH2][InH2])N1CCC(S)C1. The van der Waals surface area contributed by atoms with Crippen molar-refractivity contribution in [2.24, 2.45) is 0 Å². The van der Waals surface area contributed by atoms with E-state index in [0.29, 0.717) is 5.25 Å². The van der Waals surface area contributed by atoms with Crippen molar-refractivity contribution in [1.29, 1.82) is 0 Å². The summed E-state index contributed by atoms with van der Waals surface area (Å²) in [5.41, 5.74) is 0. The molecule has 0 radical (unpaired) electrons. The molecule has 0 spiro atoms. The Hall–Kier alpha value is 1.18. The van der Waals surface area contributed by atoms with Gasteiger partial charge in [-0.25, -0.2) is 0 Å². The van der Waals surface area contributed by atoms with Gasteiger partial charge in [0.25, 0.3) is 0 Å². The number of thiol groups is 1. The first-order valence-electron chi connectivity index (χ1n) is 6.70. The zero-order chi connectivity index (χ0) is 11.1. The molecule has 2 unspecified atom stereocenters. The van der Waals surface area contributed by atoms with Crippen molar-refractivity contribution in [2.45, 2.75) is 60.9 Å². The van der Waals surface area contributed by atoms with E-state index in [1.54, 1.807) is 0 Å². The maximum absolute atomic E-state index is 4.59. The average Bonchev–Trinajstić information content (AvgIpc) is 2.65. The fourth-order valence-electron chi connectivity index (χ4n) is 2.55. The topological polar surface area (TPSA) is 3.24 Å². The van der Waals surface area contributed by atoms with E-state index in [0.717, 1.165) is 30.4 Å². The van der Waals surface area contributed by atoms with Crippen LogP contribution in [-0.2, 0) is 0 Å². The summed E-state index contributed by atoms with van der Waals surface area (Å²) in [5.74, 6) is 0. The van der Waals surface area contributed by atoms with Crippen LogP contribution in [-0.4, -0.2) is 53.7 Å². The Kier molecular flexibility index (Phi) is 7.88. The van der Waals surface area contributed by atoms with E-state index < -0.39 is 0 Å². The summed E-state index contributed by atoms with van der Waals surface area (Å²) >= 11 is 5.44. The third kappa shape index (κ3) is 5.36. The summed E-state index contributed by atoms with van der Waals surface area (Å²) in [4.78, 5) is 2.71. The third-order valence-corrected chi connectivity index (χ3v) is 6.68. The van der Waals surface area contributed by atoms with Crippen LogP contribution in [0, 0.1) is 0 Å². The molecule has 2 atom stereocenters. The van der Waals surface area contributed by atoms with Gasteiger partial charge in [0.2, 0.25) is 0 Å². The van der Waals surface area contributed by atoms with Gasteiger partial charge in [-0.2, -0.15) is 0 Å². The Morgan fingerprint density at radius 2 is 2.20 bits per heavy atom. The molecule has 1 aliphatic heterocycles. The molecule has 0 aromatic carbocycles. The van der Waals surface area contributed by atoms with Crippen molar-refractivity contribution >= 4 is 37.0 Å². The van der Waals surface area contributed by atoms with E-state index >= 15 is 0 Å². The van der Waals surface area contributed by atoms with Crippen molar-refractivity contribution < 1.29 is 0 Å². The standard InChI is InChI=1S/C12H24NS.In.2H/c1-3-4-5-6-7-11(2)13-9-8-12(14)10-13;;;/h11-12,14H,2-10H2,1H3;;;. The van der Waals surface area contributed by atoms with Crippen LogP contribution < -0.4 is 0 Å². The van der Waals surface area contributed by atoms with Crippen LogP contribution in [0.15, 0.2) is 0 Å². The molecular weight excluding hydrogens is 305 g/mol. The maximum atomic E-state index is 4.59. The van der Waals surface area contributed by atoms with E-state index in [2.05, 4.69) is 24.5 Å². The Morgan fingerprint density at radius 3 is 2.73 bits per heavy atom. The second-order valence-electron chi connectivity index (χ2n) is 4.85. The molecule has 0 amide bonds.